The number of hydrogen-bond donors (Lipinski definition) is 1. The van der Waals surface area contributed by atoms with E-state index in [0.717, 1.165) is 50.8 Å². The summed E-state index contributed by atoms with van der Waals surface area (Å²) in [7, 11) is 0. The van der Waals surface area contributed by atoms with Gasteiger partial charge in [-0.2, -0.15) is 0 Å². The molecule has 3 rings (SSSR count). The third-order valence-corrected chi connectivity index (χ3v) is 4.80. The Balaban J connectivity index is 1.70. The molecular weight excluding hydrogens is 268 g/mol. The van der Waals surface area contributed by atoms with Crippen LogP contribution in [0.4, 0.5) is 0 Å². The third kappa shape index (κ3) is 2.98. The van der Waals surface area contributed by atoms with E-state index in [4.69, 9.17) is 4.52 Å². The van der Waals surface area contributed by atoms with Gasteiger partial charge < -0.3 is 14.5 Å². The highest BCUT2D eigenvalue weighted by atomic mass is 16.5. The van der Waals surface area contributed by atoms with Crippen LogP contribution in [-0.2, 0) is 0 Å². The van der Waals surface area contributed by atoms with Crippen LogP contribution in [0.15, 0.2) is 10.6 Å². The van der Waals surface area contributed by atoms with Crippen molar-refractivity contribution in [1.82, 2.24) is 10.1 Å². The van der Waals surface area contributed by atoms with E-state index in [-0.39, 0.29) is 17.9 Å². The minimum Gasteiger partial charge on any atom is -0.396 e. The average Bonchev–Trinajstić information content (AvgIpc) is 3.24. The van der Waals surface area contributed by atoms with Gasteiger partial charge in [0, 0.05) is 30.5 Å². The molecular formula is C16H24N2O3. The zero-order valence-electron chi connectivity index (χ0n) is 12.7. The lowest BCUT2D eigenvalue weighted by atomic mass is 9.77. The minimum atomic E-state index is -0.137. The Labute approximate surface area is 125 Å². The molecule has 0 aromatic carbocycles. The van der Waals surface area contributed by atoms with Crippen molar-refractivity contribution in [3.63, 3.8) is 0 Å². The third-order valence-electron chi connectivity index (χ3n) is 4.80. The summed E-state index contributed by atoms with van der Waals surface area (Å²) >= 11 is 0. The smallest absolute Gasteiger partial charge is 0.292 e. The van der Waals surface area contributed by atoms with E-state index in [1.165, 1.54) is 0 Å². The Hall–Kier alpha value is -1.36. The minimum absolute atomic E-state index is 0.0805. The van der Waals surface area contributed by atoms with Gasteiger partial charge >= 0.3 is 0 Å². The van der Waals surface area contributed by atoms with E-state index in [1.807, 2.05) is 4.90 Å². The van der Waals surface area contributed by atoms with Crippen LogP contribution in [-0.4, -0.2) is 40.8 Å². The number of carbonyl (C=O) groups is 1. The second-order valence-corrected chi connectivity index (χ2v) is 6.63. The maximum absolute atomic E-state index is 12.6. The van der Waals surface area contributed by atoms with Crippen LogP contribution >= 0.6 is 0 Å². The van der Waals surface area contributed by atoms with Gasteiger partial charge in [0.15, 0.2) is 0 Å². The van der Waals surface area contributed by atoms with Gasteiger partial charge in [-0.25, -0.2) is 0 Å². The lowest BCUT2D eigenvalue weighted by molar-refractivity contribution is 0.0200. The SMILES string of the molecule is CCC[C@@]1(CO)CCCN(C(=O)c2cc(C3CC3)no2)C1. The summed E-state index contributed by atoms with van der Waals surface area (Å²) < 4.78 is 5.24. The van der Waals surface area contributed by atoms with Gasteiger partial charge in [-0.05, 0) is 32.1 Å². The molecule has 0 radical (unpaired) electrons. The number of nitrogens with zero attached hydrogens (tertiary/aromatic N) is 2. The predicted octanol–water partition coefficient (Wildman–Crippen LogP) is 2.57. The lowest BCUT2D eigenvalue weighted by Crippen LogP contribution is -2.47. The van der Waals surface area contributed by atoms with Gasteiger partial charge in [-0.1, -0.05) is 18.5 Å². The van der Waals surface area contributed by atoms with Gasteiger partial charge in [0.2, 0.25) is 5.76 Å². The van der Waals surface area contributed by atoms with Crippen molar-refractivity contribution < 1.29 is 14.4 Å². The maximum Gasteiger partial charge on any atom is 0.292 e. The number of amides is 1. The van der Waals surface area contributed by atoms with E-state index >= 15 is 0 Å². The first-order valence-corrected chi connectivity index (χ1v) is 8.04. The summed E-state index contributed by atoms with van der Waals surface area (Å²) in [6.07, 6.45) is 6.20. The topological polar surface area (TPSA) is 66.6 Å². The van der Waals surface area contributed by atoms with E-state index in [0.29, 0.717) is 18.2 Å². The first-order valence-electron chi connectivity index (χ1n) is 8.04. The van der Waals surface area contributed by atoms with Crippen LogP contribution in [0.25, 0.3) is 0 Å². The number of likely N-dealkylation sites (tertiary alicyclic amines) is 1. The Morgan fingerprint density at radius 2 is 2.38 bits per heavy atom. The Kier molecular flexibility index (Phi) is 4.02. The first kappa shape index (κ1) is 14.6. The average molecular weight is 292 g/mol. The molecule has 1 saturated heterocycles. The molecule has 0 spiro atoms. The van der Waals surface area contributed by atoms with Crippen molar-refractivity contribution in [3.8, 4) is 0 Å². The number of aliphatic hydroxyl groups excluding tert-OH is 1. The molecule has 1 N–H and O–H groups in total. The Bertz CT molecular complexity index is 505. The fourth-order valence-corrected chi connectivity index (χ4v) is 3.44. The van der Waals surface area contributed by atoms with Gasteiger partial charge in [0.05, 0.1) is 12.3 Å². The normalized spacial score (nSPS) is 26.1. The molecule has 1 aromatic rings. The number of aromatic nitrogens is 1. The number of rotatable bonds is 5. The molecule has 1 aliphatic heterocycles. The molecule has 0 unspecified atom stereocenters. The van der Waals surface area contributed by atoms with Crippen molar-refractivity contribution in [1.29, 1.82) is 0 Å². The van der Waals surface area contributed by atoms with E-state index in [9.17, 15) is 9.90 Å². The molecule has 5 nitrogen and oxygen atoms in total. The number of piperidine rings is 1. The van der Waals surface area contributed by atoms with Gasteiger partial charge in [-0.15, -0.1) is 0 Å². The Morgan fingerprint density at radius 3 is 3.05 bits per heavy atom. The monoisotopic (exact) mass is 292 g/mol. The molecule has 21 heavy (non-hydrogen) atoms. The summed E-state index contributed by atoms with van der Waals surface area (Å²) in [4.78, 5) is 14.4. The molecule has 1 atom stereocenters. The summed E-state index contributed by atoms with van der Waals surface area (Å²) in [5.74, 6) is 0.762. The highest BCUT2D eigenvalue weighted by molar-refractivity contribution is 5.91. The highest BCUT2D eigenvalue weighted by Crippen LogP contribution is 2.40. The van der Waals surface area contributed by atoms with Crippen LogP contribution in [0.2, 0.25) is 0 Å². The molecule has 0 bridgehead atoms. The molecule has 2 aliphatic rings. The number of aliphatic hydroxyl groups is 1. The first-order chi connectivity index (χ1) is 10.2. The largest absolute Gasteiger partial charge is 0.396 e. The van der Waals surface area contributed by atoms with Crippen molar-refractivity contribution in [2.75, 3.05) is 19.7 Å². The fourth-order valence-electron chi connectivity index (χ4n) is 3.44. The summed E-state index contributed by atoms with van der Waals surface area (Å²) in [6, 6.07) is 1.80. The second-order valence-electron chi connectivity index (χ2n) is 6.63. The number of hydrogen-bond acceptors (Lipinski definition) is 4. The van der Waals surface area contributed by atoms with Crippen LogP contribution < -0.4 is 0 Å². The zero-order valence-corrected chi connectivity index (χ0v) is 12.7. The molecule has 1 aliphatic carbocycles. The van der Waals surface area contributed by atoms with Gasteiger partial charge in [0.25, 0.3) is 5.91 Å². The molecule has 1 amide bonds. The van der Waals surface area contributed by atoms with Crippen molar-refractivity contribution in [2.24, 2.45) is 5.41 Å². The van der Waals surface area contributed by atoms with Crippen LogP contribution in [0.1, 0.15) is 67.6 Å². The summed E-state index contributed by atoms with van der Waals surface area (Å²) in [6.45, 7) is 3.63. The summed E-state index contributed by atoms with van der Waals surface area (Å²) in [5, 5.41) is 13.8. The zero-order chi connectivity index (χ0) is 14.9. The quantitative estimate of drug-likeness (QED) is 0.905. The van der Waals surface area contributed by atoms with Crippen LogP contribution in [0, 0.1) is 5.41 Å². The molecule has 1 saturated carbocycles. The lowest BCUT2D eigenvalue weighted by Gasteiger charge is -2.41. The number of carbonyl (C=O) groups excluding carboxylic acids is 1. The second kappa shape index (κ2) is 5.79. The predicted molar refractivity (Wildman–Crippen MR) is 78.0 cm³/mol. The van der Waals surface area contributed by atoms with Crippen molar-refractivity contribution >= 4 is 5.91 Å². The van der Waals surface area contributed by atoms with Gasteiger partial charge in [-0.3, -0.25) is 4.79 Å². The van der Waals surface area contributed by atoms with Crippen molar-refractivity contribution in [2.45, 2.75) is 51.4 Å². The van der Waals surface area contributed by atoms with E-state index in [1.54, 1.807) is 6.07 Å². The standard InChI is InChI=1S/C16H24N2O3/c1-2-6-16(11-19)7-3-8-18(10-16)15(20)14-9-13(17-21-14)12-4-5-12/h9,12,19H,2-8,10-11H2,1H3/t16-/m1/s1. The van der Waals surface area contributed by atoms with Crippen LogP contribution in [0.5, 0.6) is 0 Å². The fraction of sp³-hybridized carbons (Fsp3) is 0.750. The molecule has 116 valence electrons. The molecule has 5 heteroatoms. The summed E-state index contributed by atoms with van der Waals surface area (Å²) in [5.41, 5.74) is 0.777. The molecule has 2 fully saturated rings. The van der Waals surface area contributed by atoms with Crippen LogP contribution in [0.3, 0.4) is 0 Å². The highest BCUT2D eigenvalue weighted by Gasteiger charge is 2.37. The molecule has 1 aromatic heterocycles. The van der Waals surface area contributed by atoms with E-state index < -0.39 is 0 Å². The molecule has 2 heterocycles. The van der Waals surface area contributed by atoms with E-state index in [2.05, 4.69) is 12.1 Å². The van der Waals surface area contributed by atoms with Crippen molar-refractivity contribution in [3.05, 3.63) is 17.5 Å². The maximum atomic E-state index is 12.6. The Morgan fingerprint density at radius 1 is 1.57 bits per heavy atom. The van der Waals surface area contributed by atoms with Gasteiger partial charge in [0.1, 0.15) is 0 Å².